The Hall–Kier alpha value is -0.530. The van der Waals surface area contributed by atoms with Gasteiger partial charge in [-0.2, -0.15) is 0 Å². The third-order valence-electron chi connectivity index (χ3n) is 2.86. The van der Waals surface area contributed by atoms with E-state index in [9.17, 15) is 0 Å². The summed E-state index contributed by atoms with van der Waals surface area (Å²) in [6.45, 7) is 2.05. The van der Waals surface area contributed by atoms with Gasteiger partial charge in [-0.05, 0) is 49.4 Å². The largest absolute Gasteiger partial charge is 0.321 e. The summed E-state index contributed by atoms with van der Waals surface area (Å²) in [5.41, 5.74) is 8.51. The molecular weight excluding hydrogens is 182 g/mol. The molecule has 2 N–H and O–H groups in total. The van der Waals surface area contributed by atoms with E-state index in [2.05, 4.69) is 13.0 Å². The maximum absolute atomic E-state index is 6.20. The summed E-state index contributed by atoms with van der Waals surface area (Å²) in [4.78, 5) is 0. The first-order chi connectivity index (χ1) is 6.10. The molecule has 1 aliphatic rings. The Morgan fingerprint density at radius 3 is 2.46 bits per heavy atom. The van der Waals surface area contributed by atoms with Gasteiger partial charge in [0.15, 0.2) is 0 Å². The van der Waals surface area contributed by atoms with Gasteiger partial charge in [0.25, 0.3) is 0 Å². The molecule has 1 aliphatic carbocycles. The molecule has 0 bridgehead atoms. The fourth-order valence-corrected chi connectivity index (χ4v) is 2.16. The summed E-state index contributed by atoms with van der Waals surface area (Å²) in [5, 5.41) is 0.798. The lowest BCUT2D eigenvalue weighted by Gasteiger charge is -2.38. The zero-order valence-electron chi connectivity index (χ0n) is 7.81. The first-order valence-corrected chi connectivity index (χ1v) is 5.04. The van der Waals surface area contributed by atoms with Gasteiger partial charge in [0, 0.05) is 10.6 Å². The first kappa shape index (κ1) is 9.04. The molecule has 2 heteroatoms. The molecule has 1 saturated carbocycles. The number of rotatable bonds is 1. The van der Waals surface area contributed by atoms with Crippen LogP contribution in [0.5, 0.6) is 0 Å². The van der Waals surface area contributed by atoms with Crippen LogP contribution in [0.1, 0.15) is 30.4 Å². The summed E-state index contributed by atoms with van der Waals surface area (Å²) in [7, 11) is 0. The van der Waals surface area contributed by atoms with E-state index in [1.165, 1.54) is 17.5 Å². The van der Waals surface area contributed by atoms with Crippen molar-refractivity contribution < 1.29 is 0 Å². The van der Waals surface area contributed by atoms with Crippen molar-refractivity contribution in [3.05, 3.63) is 34.3 Å². The van der Waals surface area contributed by atoms with Crippen molar-refractivity contribution in [2.24, 2.45) is 5.73 Å². The van der Waals surface area contributed by atoms with Gasteiger partial charge in [-0.1, -0.05) is 17.7 Å². The van der Waals surface area contributed by atoms with Gasteiger partial charge < -0.3 is 5.73 Å². The molecule has 0 aromatic heterocycles. The predicted octanol–water partition coefficient (Wildman–Crippen LogP) is 2.99. The maximum atomic E-state index is 6.20. The van der Waals surface area contributed by atoms with E-state index in [-0.39, 0.29) is 5.54 Å². The predicted molar refractivity (Wildman–Crippen MR) is 55.9 cm³/mol. The monoisotopic (exact) mass is 195 g/mol. The summed E-state index contributed by atoms with van der Waals surface area (Å²) in [6.07, 6.45) is 3.42. The Morgan fingerprint density at radius 1 is 1.31 bits per heavy atom. The summed E-state index contributed by atoms with van der Waals surface area (Å²) >= 11 is 5.98. The number of aryl methyl sites for hydroxylation is 1. The molecule has 1 aromatic rings. The average Bonchev–Trinajstić information content (AvgIpc) is 1.98. The molecule has 70 valence electrons. The van der Waals surface area contributed by atoms with Gasteiger partial charge in [0.1, 0.15) is 0 Å². The molecule has 0 saturated heterocycles. The van der Waals surface area contributed by atoms with Crippen LogP contribution in [0.25, 0.3) is 0 Å². The van der Waals surface area contributed by atoms with Crippen LogP contribution in [-0.2, 0) is 5.54 Å². The van der Waals surface area contributed by atoms with E-state index in [4.69, 9.17) is 17.3 Å². The van der Waals surface area contributed by atoms with E-state index in [1.54, 1.807) is 0 Å². The summed E-state index contributed by atoms with van der Waals surface area (Å²) in [6, 6.07) is 6.10. The van der Waals surface area contributed by atoms with Gasteiger partial charge in [0.05, 0.1) is 0 Å². The van der Waals surface area contributed by atoms with Crippen LogP contribution in [0.3, 0.4) is 0 Å². The molecule has 0 atom stereocenters. The van der Waals surface area contributed by atoms with Gasteiger partial charge in [-0.25, -0.2) is 0 Å². The van der Waals surface area contributed by atoms with Crippen LogP contribution in [0.15, 0.2) is 18.2 Å². The topological polar surface area (TPSA) is 26.0 Å². The van der Waals surface area contributed by atoms with Gasteiger partial charge in [-0.3, -0.25) is 0 Å². The Labute approximate surface area is 83.9 Å². The number of hydrogen-bond acceptors (Lipinski definition) is 1. The zero-order valence-corrected chi connectivity index (χ0v) is 8.56. The number of halogens is 1. The summed E-state index contributed by atoms with van der Waals surface area (Å²) in [5.74, 6) is 0. The molecule has 1 aromatic carbocycles. The molecular formula is C11H14ClN. The zero-order chi connectivity index (χ0) is 9.47. The van der Waals surface area contributed by atoms with Crippen molar-refractivity contribution in [1.82, 2.24) is 0 Å². The third kappa shape index (κ3) is 1.59. The fraction of sp³-hybridized carbons (Fsp3) is 0.455. The molecule has 1 nitrogen and oxygen atoms in total. The Morgan fingerprint density at radius 2 is 2.00 bits per heavy atom. The van der Waals surface area contributed by atoms with E-state index >= 15 is 0 Å². The van der Waals surface area contributed by atoms with E-state index < -0.39 is 0 Å². The van der Waals surface area contributed by atoms with Crippen LogP contribution in [0.4, 0.5) is 0 Å². The minimum atomic E-state index is -0.0876. The normalized spacial score (nSPS) is 19.6. The Kier molecular flexibility index (Phi) is 2.09. The first-order valence-electron chi connectivity index (χ1n) is 4.67. The van der Waals surface area contributed by atoms with Crippen molar-refractivity contribution in [1.29, 1.82) is 0 Å². The van der Waals surface area contributed by atoms with E-state index in [0.29, 0.717) is 0 Å². The van der Waals surface area contributed by atoms with Gasteiger partial charge in [-0.15, -0.1) is 0 Å². The molecule has 0 amide bonds. The lowest BCUT2D eigenvalue weighted by molar-refractivity contribution is 0.253. The van der Waals surface area contributed by atoms with E-state index in [1.807, 2.05) is 12.1 Å². The van der Waals surface area contributed by atoms with E-state index in [0.717, 1.165) is 17.9 Å². The van der Waals surface area contributed by atoms with Crippen LogP contribution in [0.2, 0.25) is 5.02 Å². The number of hydrogen-bond donors (Lipinski definition) is 1. The van der Waals surface area contributed by atoms with Crippen molar-refractivity contribution in [3.63, 3.8) is 0 Å². The Bertz CT molecular complexity index is 309. The number of benzene rings is 1. The second-order valence-electron chi connectivity index (χ2n) is 4.03. The van der Waals surface area contributed by atoms with Crippen molar-refractivity contribution in [2.75, 3.05) is 0 Å². The standard InChI is InChI=1S/C11H14ClN/c1-8-5-9(7-10(12)6-8)11(13)3-2-4-11/h5-7H,2-4,13H2,1H3. The molecule has 0 spiro atoms. The van der Waals surface area contributed by atoms with Crippen LogP contribution < -0.4 is 5.73 Å². The van der Waals surface area contributed by atoms with Crippen LogP contribution >= 0.6 is 11.6 Å². The highest BCUT2D eigenvalue weighted by Crippen LogP contribution is 2.39. The van der Waals surface area contributed by atoms with Crippen molar-refractivity contribution in [2.45, 2.75) is 31.7 Å². The molecule has 0 unspecified atom stereocenters. The molecule has 0 aliphatic heterocycles. The fourth-order valence-electron chi connectivity index (χ4n) is 1.87. The molecule has 2 rings (SSSR count). The van der Waals surface area contributed by atoms with Gasteiger partial charge in [0.2, 0.25) is 0 Å². The minimum absolute atomic E-state index is 0.0876. The molecule has 13 heavy (non-hydrogen) atoms. The van der Waals surface area contributed by atoms with Crippen molar-refractivity contribution in [3.8, 4) is 0 Å². The smallest absolute Gasteiger partial charge is 0.0412 e. The van der Waals surface area contributed by atoms with Crippen LogP contribution in [-0.4, -0.2) is 0 Å². The number of nitrogens with two attached hydrogens (primary N) is 1. The summed E-state index contributed by atoms with van der Waals surface area (Å²) < 4.78 is 0. The quantitative estimate of drug-likeness (QED) is 0.733. The molecule has 1 fully saturated rings. The Balaban J connectivity index is 2.39. The van der Waals surface area contributed by atoms with Crippen molar-refractivity contribution >= 4 is 11.6 Å². The highest BCUT2D eigenvalue weighted by Gasteiger charge is 2.34. The van der Waals surface area contributed by atoms with Crippen LogP contribution in [0, 0.1) is 6.92 Å². The second kappa shape index (κ2) is 3.00. The lowest BCUT2D eigenvalue weighted by atomic mass is 9.72. The SMILES string of the molecule is Cc1cc(Cl)cc(C2(N)CCC2)c1. The second-order valence-corrected chi connectivity index (χ2v) is 4.46. The highest BCUT2D eigenvalue weighted by atomic mass is 35.5. The molecule has 0 heterocycles. The highest BCUT2D eigenvalue weighted by molar-refractivity contribution is 6.30. The minimum Gasteiger partial charge on any atom is -0.321 e. The third-order valence-corrected chi connectivity index (χ3v) is 3.08. The maximum Gasteiger partial charge on any atom is 0.0412 e. The molecule has 0 radical (unpaired) electrons. The lowest BCUT2D eigenvalue weighted by Crippen LogP contribution is -2.43. The average molecular weight is 196 g/mol. The van der Waals surface area contributed by atoms with Gasteiger partial charge >= 0.3 is 0 Å².